The molecule has 1 amide bonds. The second-order valence-electron chi connectivity index (χ2n) is 6.02. The average Bonchev–Trinajstić information content (AvgIpc) is 2.29. The van der Waals surface area contributed by atoms with Gasteiger partial charge in [0.2, 0.25) is 0 Å². The number of likely N-dealkylation sites (tertiary alicyclic amines) is 1. The van der Waals surface area contributed by atoms with Crippen LogP contribution in [0, 0.1) is 0 Å². The zero-order valence-corrected chi connectivity index (χ0v) is 12.2. The first-order chi connectivity index (χ1) is 8.59. The third-order valence-corrected chi connectivity index (χ3v) is 3.13. The van der Waals surface area contributed by atoms with Crippen molar-refractivity contribution in [1.82, 2.24) is 4.90 Å². The van der Waals surface area contributed by atoms with Gasteiger partial charge < -0.3 is 19.5 Å². The van der Waals surface area contributed by atoms with Crippen molar-refractivity contribution in [1.29, 1.82) is 0 Å². The lowest BCUT2D eigenvalue weighted by Crippen LogP contribution is -2.58. The Balaban J connectivity index is 2.82. The molecule has 110 valence electrons. The predicted octanol–water partition coefficient (Wildman–Crippen LogP) is 1.31. The van der Waals surface area contributed by atoms with Gasteiger partial charge in [0.25, 0.3) is 0 Å². The molecule has 6 heteroatoms. The van der Waals surface area contributed by atoms with E-state index in [2.05, 4.69) is 4.74 Å². The molecule has 0 radical (unpaired) electrons. The van der Waals surface area contributed by atoms with Crippen molar-refractivity contribution < 1.29 is 24.2 Å². The van der Waals surface area contributed by atoms with Crippen LogP contribution in [0.25, 0.3) is 0 Å². The summed E-state index contributed by atoms with van der Waals surface area (Å²) in [5, 5.41) is 10.3. The Kier molecular flexibility index (Phi) is 4.45. The van der Waals surface area contributed by atoms with Crippen molar-refractivity contribution in [3.05, 3.63) is 0 Å². The fourth-order valence-corrected chi connectivity index (χ4v) is 2.04. The number of hydrogen-bond acceptors (Lipinski definition) is 5. The Morgan fingerprint density at radius 1 is 1.37 bits per heavy atom. The topological polar surface area (TPSA) is 76.1 Å². The summed E-state index contributed by atoms with van der Waals surface area (Å²) in [6.07, 6.45) is 0.271. The number of carbonyl (C=O) groups excluding carboxylic acids is 2. The minimum atomic E-state index is -1.64. The zero-order valence-electron chi connectivity index (χ0n) is 12.2. The van der Waals surface area contributed by atoms with Crippen LogP contribution in [-0.4, -0.2) is 53.0 Å². The van der Waals surface area contributed by atoms with Crippen molar-refractivity contribution in [3.8, 4) is 0 Å². The number of β-amino-alcohol motifs (C(OH)–C–C–N with tert-alkyl or cyclic N) is 1. The van der Waals surface area contributed by atoms with Gasteiger partial charge in [-0.1, -0.05) is 0 Å². The molecule has 19 heavy (non-hydrogen) atoms. The lowest BCUT2D eigenvalue weighted by atomic mass is 9.89. The molecule has 0 bridgehead atoms. The third kappa shape index (κ3) is 3.83. The maximum atomic E-state index is 12.1. The molecule has 1 heterocycles. The van der Waals surface area contributed by atoms with Gasteiger partial charge in [0.05, 0.1) is 13.7 Å². The number of aliphatic hydroxyl groups is 1. The van der Waals surface area contributed by atoms with Crippen molar-refractivity contribution in [2.24, 2.45) is 0 Å². The van der Waals surface area contributed by atoms with Crippen LogP contribution in [0.4, 0.5) is 4.79 Å². The fourth-order valence-electron chi connectivity index (χ4n) is 2.04. The van der Waals surface area contributed by atoms with Crippen LogP contribution in [0.15, 0.2) is 0 Å². The first-order valence-corrected chi connectivity index (χ1v) is 6.39. The van der Waals surface area contributed by atoms with Crippen LogP contribution in [0.1, 0.15) is 40.5 Å². The second kappa shape index (κ2) is 5.36. The highest BCUT2D eigenvalue weighted by Gasteiger charge is 2.46. The standard InChI is InChI=1S/C13H23NO5/c1-9-6-7-13(17,10(15)18-5)8-14(9)11(16)19-12(2,3)4/h9,17H,6-8H2,1-5H3. The molecule has 0 saturated carbocycles. The Morgan fingerprint density at radius 3 is 2.42 bits per heavy atom. The summed E-state index contributed by atoms with van der Waals surface area (Å²) in [5.74, 6) is -0.715. The molecule has 1 rings (SSSR count). The van der Waals surface area contributed by atoms with Crippen molar-refractivity contribution in [3.63, 3.8) is 0 Å². The van der Waals surface area contributed by atoms with Gasteiger partial charge in [-0.15, -0.1) is 0 Å². The zero-order chi connectivity index (χ0) is 14.8. The molecule has 0 aromatic heterocycles. The van der Waals surface area contributed by atoms with E-state index in [9.17, 15) is 14.7 Å². The second-order valence-corrected chi connectivity index (χ2v) is 6.02. The minimum absolute atomic E-state index is 0.0835. The molecule has 2 atom stereocenters. The molecule has 6 nitrogen and oxygen atoms in total. The van der Waals surface area contributed by atoms with Gasteiger partial charge in [-0.05, 0) is 40.5 Å². The lowest BCUT2D eigenvalue weighted by Gasteiger charge is -2.41. The van der Waals surface area contributed by atoms with Gasteiger partial charge >= 0.3 is 12.1 Å². The van der Waals surface area contributed by atoms with Crippen molar-refractivity contribution >= 4 is 12.1 Å². The van der Waals surface area contributed by atoms with Crippen LogP contribution in [0.2, 0.25) is 0 Å². The maximum Gasteiger partial charge on any atom is 0.410 e. The van der Waals surface area contributed by atoms with Crippen molar-refractivity contribution in [2.75, 3.05) is 13.7 Å². The van der Waals surface area contributed by atoms with Gasteiger partial charge in [-0.2, -0.15) is 0 Å². The number of methoxy groups -OCH3 is 1. The van der Waals surface area contributed by atoms with Gasteiger partial charge in [0.15, 0.2) is 5.60 Å². The summed E-state index contributed by atoms with van der Waals surface area (Å²) in [4.78, 5) is 25.0. The Hall–Kier alpha value is -1.30. The molecule has 0 aliphatic carbocycles. The summed E-state index contributed by atoms with van der Waals surface area (Å²) in [6.45, 7) is 7.07. The molecule has 1 fully saturated rings. The van der Waals surface area contributed by atoms with E-state index < -0.39 is 23.3 Å². The van der Waals surface area contributed by atoms with E-state index in [-0.39, 0.29) is 19.0 Å². The third-order valence-electron chi connectivity index (χ3n) is 3.13. The largest absolute Gasteiger partial charge is 0.467 e. The molecule has 2 unspecified atom stereocenters. The molecule has 1 aliphatic heterocycles. The fraction of sp³-hybridized carbons (Fsp3) is 0.846. The molecule has 1 N–H and O–H groups in total. The van der Waals surface area contributed by atoms with Crippen LogP contribution < -0.4 is 0 Å². The first-order valence-electron chi connectivity index (χ1n) is 6.39. The van der Waals surface area contributed by atoms with E-state index in [0.717, 1.165) is 0 Å². The number of ether oxygens (including phenoxy) is 2. The molecule has 0 aromatic carbocycles. The molecule has 1 aliphatic rings. The molecular weight excluding hydrogens is 250 g/mol. The minimum Gasteiger partial charge on any atom is -0.467 e. The summed E-state index contributed by atoms with van der Waals surface area (Å²) < 4.78 is 9.87. The summed E-state index contributed by atoms with van der Waals surface area (Å²) in [7, 11) is 1.22. The highest BCUT2D eigenvalue weighted by atomic mass is 16.6. The molecule has 0 spiro atoms. The smallest absolute Gasteiger partial charge is 0.410 e. The van der Waals surface area contributed by atoms with Gasteiger partial charge in [0.1, 0.15) is 5.60 Å². The number of carbonyl (C=O) groups is 2. The van der Waals surface area contributed by atoms with Crippen LogP contribution >= 0.6 is 0 Å². The van der Waals surface area contributed by atoms with E-state index in [0.29, 0.717) is 6.42 Å². The van der Waals surface area contributed by atoms with Crippen molar-refractivity contribution in [2.45, 2.75) is 57.8 Å². The number of nitrogens with zero attached hydrogens (tertiary/aromatic N) is 1. The predicted molar refractivity (Wildman–Crippen MR) is 68.6 cm³/mol. The molecular formula is C13H23NO5. The Morgan fingerprint density at radius 2 is 1.95 bits per heavy atom. The quantitative estimate of drug-likeness (QED) is 0.729. The maximum absolute atomic E-state index is 12.1. The van der Waals surface area contributed by atoms with Gasteiger partial charge in [0, 0.05) is 6.04 Å². The summed E-state index contributed by atoms with van der Waals surface area (Å²) >= 11 is 0. The normalized spacial score (nSPS) is 27.9. The van der Waals surface area contributed by atoms with Gasteiger partial charge in [-0.3, -0.25) is 0 Å². The Labute approximate surface area is 113 Å². The van der Waals surface area contributed by atoms with E-state index in [1.807, 2.05) is 6.92 Å². The number of hydrogen-bond donors (Lipinski definition) is 1. The molecule has 0 aromatic rings. The lowest BCUT2D eigenvalue weighted by molar-refractivity contribution is -0.169. The number of esters is 1. The average molecular weight is 273 g/mol. The monoisotopic (exact) mass is 273 g/mol. The highest BCUT2D eigenvalue weighted by Crippen LogP contribution is 2.28. The van der Waals surface area contributed by atoms with Crippen LogP contribution in [0.5, 0.6) is 0 Å². The number of amides is 1. The summed E-state index contributed by atoms with van der Waals surface area (Å²) in [5.41, 5.74) is -2.25. The van der Waals surface area contributed by atoms with Crippen LogP contribution in [0.3, 0.4) is 0 Å². The molecule has 1 saturated heterocycles. The van der Waals surface area contributed by atoms with E-state index in [4.69, 9.17) is 4.74 Å². The highest BCUT2D eigenvalue weighted by molar-refractivity contribution is 5.81. The van der Waals surface area contributed by atoms with E-state index >= 15 is 0 Å². The number of rotatable bonds is 1. The summed E-state index contributed by atoms with van der Waals surface area (Å²) in [6, 6.07) is -0.0835. The van der Waals surface area contributed by atoms with Gasteiger partial charge in [-0.25, -0.2) is 9.59 Å². The van der Waals surface area contributed by atoms with E-state index in [1.165, 1.54) is 12.0 Å². The first kappa shape index (κ1) is 15.8. The van der Waals surface area contributed by atoms with E-state index in [1.54, 1.807) is 20.8 Å². The SMILES string of the molecule is COC(=O)C1(O)CCC(C)N(C(=O)OC(C)(C)C)C1. The van der Waals surface area contributed by atoms with Crippen LogP contribution in [-0.2, 0) is 14.3 Å². The Bertz CT molecular complexity index is 363. The number of piperidine rings is 1.